The molecule has 19 heteroatoms. The Labute approximate surface area is 245 Å². The van der Waals surface area contributed by atoms with Gasteiger partial charge >= 0.3 is 17.9 Å². The van der Waals surface area contributed by atoms with E-state index in [0.29, 0.717) is 0 Å². The lowest BCUT2D eigenvalue weighted by atomic mass is 10.1. The number of rotatable bonds is 9. The predicted molar refractivity (Wildman–Crippen MR) is 147 cm³/mol. The van der Waals surface area contributed by atoms with Gasteiger partial charge in [0.1, 0.15) is 16.3 Å². The number of carboxylic acid groups (broad SMARTS) is 3. The summed E-state index contributed by atoms with van der Waals surface area (Å²) >= 11 is 0. The summed E-state index contributed by atoms with van der Waals surface area (Å²) in [5, 5.41) is 53.2. The van der Waals surface area contributed by atoms with Crippen LogP contribution in [0.5, 0.6) is 5.75 Å². The van der Waals surface area contributed by atoms with Crippen molar-refractivity contribution in [1.29, 1.82) is 0 Å². The molecule has 0 unspecified atom stereocenters. The van der Waals surface area contributed by atoms with E-state index in [-0.39, 0.29) is 39.0 Å². The molecule has 44 heavy (non-hydrogen) atoms. The maximum Gasteiger partial charge on any atom is 0.338 e. The molecule has 0 amide bonds. The van der Waals surface area contributed by atoms with Gasteiger partial charge in [0.25, 0.3) is 20.2 Å². The summed E-state index contributed by atoms with van der Waals surface area (Å²) in [6.07, 6.45) is 0. The lowest BCUT2D eigenvalue weighted by molar-refractivity contribution is 0.0682. The molecule has 0 saturated heterocycles. The zero-order valence-electron chi connectivity index (χ0n) is 21.4. The molecule has 4 aromatic rings. The molecule has 0 bridgehead atoms. The fraction of sp³-hybridized carbons (Fsp3) is 0. The maximum absolute atomic E-state index is 12.1. The number of nitrogens with zero attached hydrogens (tertiary/aromatic N) is 4. The molecular weight excluding hydrogens is 628 g/mol. The van der Waals surface area contributed by atoms with Gasteiger partial charge in [-0.2, -0.15) is 27.1 Å². The van der Waals surface area contributed by atoms with Gasteiger partial charge in [-0.15, -0.1) is 10.2 Å². The second-order valence-electron chi connectivity index (χ2n) is 8.69. The molecule has 0 atom stereocenters. The van der Waals surface area contributed by atoms with Gasteiger partial charge in [-0.05, 0) is 66.0 Å². The van der Waals surface area contributed by atoms with Crippen LogP contribution in [-0.4, -0.2) is 64.3 Å². The molecule has 4 rings (SSSR count). The minimum Gasteiger partial charge on any atom is -0.505 e. The second kappa shape index (κ2) is 11.6. The number of phenols is 1. The topological polar surface area (TPSA) is 290 Å². The molecule has 0 radical (unpaired) electrons. The van der Waals surface area contributed by atoms with Gasteiger partial charge in [0, 0.05) is 5.39 Å². The summed E-state index contributed by atoms with van der Waals surface area (Å²) in [6.45, 7) is 0. The van der Waals surface area contributed by atoms with E-state index >= 15 is 0 Å². The van der Waals surface area contributed by atoms with Crippen LogP contribution in [0, 0.1) is 0 Å². The Morgan fingerprint density at radius 3 is 1.77 bits per heavy atom. The summed E-state index contributed by atoms with van der Waals surface area (Å²) in [7, 11) is -9.84. The molecule has 0 heterocycles. The molecule has 0 spiro atoms. The second-order valence-corrected chi connectivity index (χ2v) is 11.5. The molecule has 0 fully saturated rings. The van der Waals surface area contributed by atoms with Crippen molar-refractivity contribution in [3.05, 3.63) is 77.4 Å². The molecule has 0 aliphatic rings. The minimum atomic E-state index is -5.13. The summed E-state index contributed by atoms with van der Waals surface area (Å²) in [4.78, 5) is 32.8. The number of carbonyl (C=O) groups is 3. The first-order valence-corrected chi connectivity index (χ1v) is 14.4. The summed E-state index contributed by atoms with van der Waals surface area (Å²) < 4.78 is 66.0. The number of fused-ring (bicyclic) bond motifs is 1. The van der Waals surface area contributed by atoms with E-state index in [1.807, 2.05) is 0 Å². The third-order valence-corrected chi connectivity index (χ3v) is 7.48. The van der Waals surface area contributed by atoms with E-state index in [1.165, 1.54) is 6.07 Å². The number of aromatic carboxylic acids is 3. The third-order valence-electron chi connectivity index (χ3n) is 5.76. The van der Waals surface area contributed by atoms with Gasteiger partial charge in [0.15, 0.2) is 5.75 Å². The van der Waals surface area contributed by atoms with Crippen LogP contribution in [0.25, 0.3) is 10.8 Å². The van der Waals surface area contributed by atoms with Crippen molar-refractivity contribution in [2.24, 2.45) is 20.5 Å². The highest BCUT2D eigenvalue weighted by atomic mass is 32.2. The molecule has 6 N–H and O–H groups in total. The fourth-order valence-electron chi connectivity index (χ4n) is 3.76. The summed E-state index contributed by atoms with van der Waals surface area (Å²) in [6, 6.07) is 9.70. The first-order chi connectivity index (χ1) is 20.5. The zero-order chi connectivity index (χ0) is 32.6. The number of phenolic OH excluding ortho intramolecular Hbond substituents is 1. The van der Waals surface area contributed by atoms with Crippen LogP contribution in [0.4, 0.5) is 22.7 Å². The van der Waals surface area contributed by atoms with Crippen molar-refractivity contribution in [2.45, 2.75) is 9.79 Å². The standard InChI is InChI=1S/C25H16N4O13S2/c30-22-17-3-2-16(43(37,38)39)8-11(17)9-20(44(40,41)42)21(22)29-28-19-4-1-14(10-18(19)25(35)36)26-27-15-6-12(23(31)32)5-13(7-15)24(33)34/h1-10,30H,(H,31,32)(H,33,34)(H,35,36)(H,37,38,39)(H,40,41,42)/b27-26+,29-28+. The van der Waals surface area contributed by atoms with E-state index in [4.69, 9.17) is 0 Å². The first kappa shape index (κ1) is 31.3. The number of carboxylic acids is 3. The average Bonchev–Trinajstić information content (AvgIpc) is 2.94. The monoisotopic (exact) mass is 644 g/mol. The van der Waals surface area contributed by atoms with E-state index < -0.39 is 64.9 Å². The number of benzene rings is 4. The van der Waals surface area contributed by atoms with Gasteiger partial charge in [-0.1, -0.05) is 0 Å². The van der Waals surface area contributed by atoms with Crippen molar-refractivity contribution in [2.75, 3.05) is 0 Å². The maximum atomic E-state index is 12.1. The van der Waals surface area contributed by atoms with Crippen molar-refractivity contribution in [3.63, 3.8) is 0 Å². The zero-order valence-corrected chi connectivity index (χ0v) is 23.1. The number of hydrogen-bond donors (Lipinski definition) is 6. The number of aromatic hydroxyl groups is 1. The SMILES string of the molecule is O=C(O)c1cc(/N=N/c2ccc(/N=N/c3c(S(=O)(=O)O)cc4cc(S(=O)(=O)O)ccc4c3O)c(C(=O)O)c2)cc(C(=O)O)c1. The Kier molecular flexibility index (Phi) is 8.23. The van der Waals surface area contributed by atoms with Gasteiger partial charge in [0.2, 0.25) is 0 Å². The Morgan fingerprint density at radius 1 is 0.614 bits per heavy atom. The van der Waals surface area contributed by atoms with Crippen LogP contribution in [0.3, 0.4) is 0 Å². The van der Waals surface area contributed by atoms with Gasteiger partial charge < -0.3 is 20.4 Å². The van der Waals surface area contributed by atoms with E-state index in [1.54, 1.807) is 0 Å². The van der Waals surface area contributed by atoms with E-state index in [2.05, 4.69) is 20.5 Å². The number of hydrogen-bond acceptors (Lipinski definition) is 12. The highest BCUT2D eigenvalue weighted by Gasteiger charge is 2.23. The van der Waals surface area contributed by atoms with Gasteiger partial charge in [-0.25, -0.2) is 14.4 Å². The highest BCUT2D eigenvalue weighted by Crippen LogP contribution is 2.42. The molecule has 4 aromatic carbocycles. The molecular formula is C25H16N4O13S2. The van der Waals surface area contributed by atoms with Gasteiger partial charge in [0.05, 0.1) is 33.0 Å². The first-order valence-electron chi connectivity index (χ1n) is 11.5. The molecule has 0 saturated carbocycles. The quantitative estimate of drug-likeness (QED) is 0.104. The van der Waals surface area contributed by atoms with Crippen molar-refractivity contribution >= 4 is 71.7 Å². The van der Waals surface area contributed by atoms with Crippen LogP contribution in [0.1, 0.15) is 31.1 Å². The van der Waals surface area contributed by atoms with Crippen LogP contribution < -0.4 is 0 Å². The van der Waals surface area contributed by atoms with E-state index in [0.717, 1.165) is 54.6 Å². The Balaban J connectivity index is 1.78. The lowest BCUT2D eigenvalue weighted by Gasteiger charge is -2.10. The average molecular weight is 645 g/mol. The lowest BCUT2D eigenvalue weighted by Crippen LogP contribution is -2.01. The summed E-state index contributed by atoms with van der Waals surface area (Å²) in [5.74, 6) is -5.30. The minimum absolute atomic E-state index is 0.110. The van der Waals surface area contributed by atoms with Crippen molar-refractivity contribution in [1.82, 2.24) is 0 Å². The molecule has 0 aliphatic heterocycles. The van der Waals surface area contributed by atoms with E-state index in [9.17, 15) is 60.8 Å². The molecule has 0 aliphatic carbocycles. The Hall–Kier alpha value is -5.63. The molecule has 0 aromatic heterocycles. The van der Waals surface area contributed by atoms with Crippen LogP contribution >= 0.6 is 0 Å². The smallest absolute Gasteiger partial charge is 0.338 e. The Morgan fingerprint density at radius 2 is 1.23 bits per heavy atom. The van der Waals surface area contributed by atoms with Crippen molar-refractivity contribution < 1.29 is 60.8 Å². The van der Waals surface area contributed by atoms with Crippen molar-refractivity contribution in [3.8, 4) is 5.75 Å². The highest BCUT2D eigenvalue weighted by molar-refractivity contribution is 7.86. The Bertz CT molecular complexity index is 2150. The largest absolute Gasteiger partial charge is 0.505 e. The summed E-state index contributed by atoms with van der Waals surface area (Å²) in [5.41, 5.74) is -2.83. The number of azo groups is 2. The van der Waals surface area contributed by atoms with Crippen LogP contribution in [0.15, 0.2) is 90.9 Å². The van der Waals surface area contributed by atoms with Crippen LogP contribution in [0.2, 0.25) is 0 Å². The third kappa shape index (κ3) is 6.71. The predicted octanol–water partition coefficient (Wildman–Crippen LogP) is 4.96. The molecule has 226 valence electrons. The molecule has 17 nitrogen and oxygen atoms in total. The van der Waals surface area contributed by atoms with Crippen LogP contribution in [-0.2, 0) is 20.2 Å². The van der Waals surface area contributed by atoms with Gasteiger partial charge in [-0.3, -0.25) is 9.11 Å². The normalized spacial score (nSPS) is 12.2. The fourth-order valence-corrected chi connectivity index (χ4v) is 4.94.